The molecule has 6 aromatic carbocycles. The summed E-state index contributed by atoms with van der Waals surface area (Å²) < 4.78 is 0. The van der Waals surface area contributed by atoms with E-state index in [1.807, 2.05) is 24.3 Å². The lowest BCUT2D eigenvalue weighted by Gasteiger charge is -2.20. The fourth-order valence-electron chi connectivity index (χ4n) is 6.60. The summed E-state index contributed by atoms with van der Waals surface area (Å²) in [6.45, 7) is 7.46. The molecule has 8 rings (SSSR count). The predicted octanol–water partition coefficient (Wildman–Crippen LogP) is 11.0. The van der Waals surface area contributed by atoms with E-state index in [9.17, 15) is 5.26 Å². The topological polar surface area (TPSA) is 53.9 Å². The molecule has 0 amide bonds. The Balaban J connectivity index is 1.45. The first-order chi connectivity index (χ1) is 22.7. The summed E-state index contributed by atoms with van der Waals surface area (Å²) >= 11 is 0. The van der Waals surface area contributed by atoms with E-state index in [-0.39, 0.29) is 0 Å². The van der Waals surface area contributed by atoms with E-state index in [0.29, 0.717) is 11.5 Å². The molecule has 0 radical (unpaired) electrons. The number of nitriles is 1. The molecule has 0 N–H and O–H groups in total. The van der Waals surface area contributed by atoms with Crippen molar-refractivity contribution >= 4 is 38.1 Å². The minimum atomic E-state index is 0.381. The van der Waals surface area contributed by atoms with Crippen molar-refractivity contribution in [3.8, 4) is 50.6 Å². The fourth-order valence-corrected chi connectivity index (χ4v) is 6.60. The van der Waals surface area contributed by atoms with Crippen LogP contribution in [0.5, 0.6) is 0 Å². The summed E-state index contributed by atoms with van der Waals surface area (Å²) in [4.78, 5) is 11.9. The standard InChI is InChI=1S/C42H24N4/c1-44-39-25-31(19-21-46-39)29-10-7-12-33(23-29)41-37-15-5-4-14-36(37)40(38-17-16-27-8-2-3-13-35(27)42(38)41)32-11-6-9-28(22-32)30-18-20-45-34(24-30)26-43/h2-25H. The van der Waals surface area contributed by atoms with Crippen molar-refractivity contribution in [3.05, 3.63) is 163 Å². The highest BCUT2D eigenvalue weighted by Gasteiger charge is 2.19. The summed E-state index contributed by atoms with van der Waals surface area (Å²) in [5, 5.41) is 16.5. The van der Waals surface area contributed by atoms with Gasteiger partial charge in [-0.05, 0) is 113 Å². The third kappa shape index (κ3) is 4.54. The molecule has 4 heteroatoms. The van der Waals surface area contributed by atoms with E-state index in [1.54, 1.807) is 12.4 Å². The summed E-state index contributed by atoms with van der Waals surface area (Å²) in [6.07, 6.45) is 3.39. The lowest BCUT2D eigenvalue weighted by atomic mass is 9.83. The van der Waals surface area contributed by atoms with Crippen LogP contribution in [-0.4, -0.2) is 9.97 Å². The van der Waals surface area contributed by atoms with Crippen molar-refractivity contribution in [1.29, 1.82) is 5.26 Å². The molecule has 8 aromatic rings. The molecule has 2 heterocycles. The monoisotopic (exact) mass is 584 g/mol. The minimum absolute atomic E-state index is 0.381. The molecule has 0 saturated heterocycles. The molecule has 0 saturated carbocycles. The lowest BCUT2D eigenvalue weighted by molar-refractivity contribution is 1.26. The number of aromatic nitrogens is 2. The third-order valence-electron chi connectivity index (χ3n) is 8.62. The van der Waals surface area contributed by atoms with Gasteiger partial charge in [-0.15, -0.1) is 4.98 Å². The maximum Gasteiger partial charge on any atom is 0.270 e. The first kappa shape index (κ1) is 27.0. The van der Waals surface area contributed by atoms with E-state index in [4.69, 9.17) is 6.57 Å². The van der Waals surface area contributed by atoms with E-state index in [1.165, 1.54) is 32.7 Å². The molecule has 0 aliphatic carbocycles. The molecule has 0 aliphatic rings. The van der Waals surface area contributed by atoms with Gasteiger partial charge in [-0.1, -0.05) is 104 Å². The van der Waals surface area contributed by atoms with Gasteiger partial charge < -0.3 is 4.85 Å². The maximum atomic E-state index is 9.46. The molecule has 212 valence electrons. The fraction of sp³-hybridized carbons (Fsp3) is 0. The van der Waals surface area contributed by atoms with Gasteiger partial charge in [-0.3, -0.25) is 0 Å². The Bertz CT molecular complexity index is 2570. The molecule has 0 atom stereocenters. The van der Waals surface area contributed by atoms with Crippen LogP contribution in [0.4, 0.5) is 5.82 Å². The lowest BCUT2D eigenvalue weighted by Crippen LogP contribution is -1.93. The van der Waals surface area contributed by atoms with Crippen LogP contribution in [0.2, 0.25) is 0 Å². The second-order valence-corrected chi connectivity index (χ2v) is 11.2. The molecule has 0 fully saturated rings. The Morgan fingerprint density at radius 1 is 0.500 bits per heavy atom. The molecular weight excluding hydrogens is 560 g/mol. The zero-order chi connectivity index (χ0) is 31.0. The molecule has 0 bridgehead atoms. The van der Waals surface area contributed by atoms with E-state index >= 15 is 0 Å². The molecule has 0 unspecified atom stereocenters. The second kappa shape index (κ2) is 11.1. The van der Waals surface area contributed by atoms with Gasteiger partial charge in [0.05, 0.1) is 0 Å². The van der Waals surface area contributed by atoms with Gasteiger partial charge in [0.15, 0.2) is 0 Å². The van der Waals surface area contributed by atoms with Gasteiger partial charge >= 0.3 is 0 Å². The normalized spacial score (nSPS) is 11.0. The molecule has 0 spiro atoms. The van der Waals surface area contributed by atoms with Crippen LogP contribution in [0.1, 0.15) is 5.69 Å². The Morgan fingerprint density at radius 2 is 1.09 bits per heavy atom. The number of fused-ring (bicyclic) bond motifs is 4. The van der Waals surface area contributed by atoms with Crippen LogP contribution < -0.4 is 0 Å². The number of pyridine rings is 2. The van der Waals surface area contributed by atoms with Crippen LogP contribution in [0.3, 0.4) is 0 Å². The van der Waals surface area contributed by atoms with Gasteiger partial charge in [0, 0.05) is 6.20 Å². The number of nitrogens with zero attached hydrogens (tertiary/aromatic N) is 4. The quantitative estimate of drug-likeness (QED) is 0.117. The van der Waals surface area contributed by atoms with Crippen molar-refractivity contribution in [2.75, 3.05) is 0 Å². The summed E-state index contributed by atoms with van der Waals surface area (Å²) in [6, 6.07) is 48.6. The van der Waals surface area contributed by atoms with Crippen LogP contribution in [0, 0.1) is 17.9 Å². The number of hydrogen-bond acceptors (Lipinski definition) is 3. The largest absolute Gasteiger partial charge is 0.361 e. The molecule has 0 aliphatic heterocycles. The number of rotatable bonds is 4. The van der Waals surface area contributed by atoms with Crippen LogP contribution in [0.25, 0.3) is 81.7 Å². The van der Waals surface area contributed by atoms with E-state index in [0.717, 1.165) is 44.2 Å². The van der Waals surface area contributed by atoms with E-state index < -0.39 is 0 Å². The van der Waals surface area contributed by atoms with Gasteiger partial charge in [-0.2, -0.15) is 5.26 Å². The predicted molar refractivity (Wildman–Crippen MR) is 187 cm³/mol. The number of hydrogen-bond donors (Lipinski definition) is 0. The van der Waals surface area contributed by atoms with Crippen molar-refractivity contribution in [1.82, 2.24) is 9.97 Å². The highest BCUT2D eigenvalue weighted by molar-refractivity contribution is 6.28. The average Bonchev–Trinajstić information content (AvgIpc) is 3.13. The number of benzene rings is 6. The van der Waals surface area contributed by atoms with Gasteiger partial charge in [0.25, 0.3) is 5.82 Å². The van der Waals surface area contributed by atoms with Crippen molar-refractivity contribution in [2.24, 2.45) is 0 Å². The first-order valence-corrected chi connectivity index (χ1v) is 15.0. The first-order valence-electron chi connectivity index (χ1n) is 15.0. The summed E-state index contributed by atoms with van der Waals surface area (Å²) in [7, 11) is 0. The highest BCUT2D eigenvalue weighted by Crippen LogP contribution is 2.47. The Hall–Kier alpha value is -6.62. The molecule has 4 nitrogen and oxygen atoms in total. The van der Waals surface area contributed by atoms with Crippen LogP contribution >= 0.6 is 0 Å². The Morgan fingerprint density at radius 3 is 1.80 bits per heavy atom. The zero-order valence-corrected chi connectivity index (χ0v) is 24.6. The second-order valence-electron chi connectivity index (χ2n) is 11.2. The van der Waals surface area contributed by atoms with Crippen LogP contribution in [0.15, 0.2) is 146 Å². The van der Waals surface area contributed by atoms with Gasteiger partial charge in [-0.25, -0.2) is 4.98 Å². The third-order valence-corrected chi connectivity index (χ3v) is 8.62. The van der Waals surface area contributed by atoms with E-state index in [2.05, 4.69) is 130 Å². The summed E-state index contributed by atoms with van der Waals surface area (Å²) in [5.41, 5.74) is 8.94. The zero-order valence-electron chi connectivity index (χ0n) is 24.6. The minimum Gasteiger partial charge on any atom is -0.361 e. The van der Waals surface area contributed by atoms with Crippen LogP contribution in [-0.2, 0) is 0 Å². The van der Waals surface area contributed by atoms with Crippen molar-refractivity contribution in [3.63, 3.8) is 0 Å². The molecule has 46 heavy (non-hydrogen) atoms. The van der Waals surface area contributed by atoms with Crippen molar-refractivity contribution < 1.29 is 0 Å². The van der Waals surface area contributed by atoms with Gasteiger partial charge in [0.2, 0.25) is 0 Å². The SMILES string of the molecule is [C-]#[N+]c1cc(-c2cccc(-c3c4ccccc4c(-c4cccc(-c5ccnc(C#N)c5)c4)c4ccc5ccccc5c34)c2)ccn1. The Kier molecular flexibility index (Phi) is 6.53. The van der Waals surface area contributed by atoms with Crippen molar-refractivity contribution in [2.45, 2.75) is 0 Å². The average molecular weight is 585 g/mol. The van der Waals surface area contributed by atoms with Gasteiger partial charge in [0.1, 0.15) is 18.0 Å². The highest BCUT2D eigenvalue weighted by atomic mass is 14.8. The summed E-state index contributed by atoms with van der Waals surface area (Å²) in [5.74, 6) is 0.381. The smallest absolute Gasteiger partial charge is 0.270 e. The maximum absolute atomic E-state index is 9.46. The molecular formula is C42H24N4. The Labute approximate surface area is 266 Å². The molecule has 2 aromatic heterocycles.